The first-order valence-corrected chi connectivity index (χ1v) is 9.28. The van der Waals surface area contributed by atoms with E-state index in [-0.39, 0.29) is 0 Å². The maximum absolute atomic E-state index is 10.1. The molecule has 0 amide bonds. The van der Waals surface area contributed by atoms with Crippen LogP contribution in [0.15, 0.2) is 94.9 Å². The number of aliphatic imine (C=N–C) groups is 2. The lowest BCUT2D eigenvalue weighted by Gasteiger charge is -2.07. The molecule has 0 aliphatic rings. The van der Waals surface area contributed by atoms with Crippen LogP contribution in [-0.4, -0.2) is 35.7 Å². The molecule has 4 heteroatoms. The molecule has 0 aliphatic heterocycles. The zero-order valence-electron chi connectivity index (χ0n) is 15.6. The monoisotopic (exact) mass is 372 g/mol. The van der Waals surface area contributed by atoms with E-state index in [1.165, 1.54) is 0 Å². The second kappa shape index (κ2) is 10.3. The van der Waals surface area contributed by atoms with Crippen LogP contribution in [0.2, 0.25) is 0 Å². The first-order chi connectivity index (χ1) is 13.7. The van der Waals surface area contributed by atoms with Crippen LogP contribution in [0.1, 0.15) is 34.5 Å². The molecule has 142 valence electrons. The molecule has 0 fully saturated rings. The van der Waals surface area contributed by atoms with Gasteiger partial charge in [0.2, 0.25) is 0 Å². The highest BCUT2D eigenvalue weighted by Crippen LogP contribution is 2.13. The highest BCUT2D eigenvalue weighted by Gasteiger charge is 2.05. The van der Waals surface area contributed by atoms with Crippen LogP contribution in [0.3, 0.4) is 0 Å². The van der Waals surface area contributed by atoms with Crippen molar-refractivity contribution in [2.24, 2.45) is 9.98 Å². The Balaban J connectivity index is 1.49. The molecule has 3 rings (SSSR count). The third kappa shape index (κ3) is 5.98. The summed E-state index contributed by atoms with van der Waals surface area (Å²) in [5.74, 6) is 0. The van der Waals surface area contributed by atoms with Gasteiger partial charge in [-0.25, -0.2) is 0 Å². The Kier molecular flexibility index (Phi) is 7.24. The molecule has 0 saturated heterocycles. The minimum Gasteiger partial charge on any atom is -0.386 e. The standard InChI is InChI=1S/C24H24N2O2/c27-23(21-7-3-1-4-8-21)17-25-15-19-11-13-20(14-12-19)16-26-18-24(28)22-9-5-2-6-10-22/h1-16,23-24,27-28H,17-18H2. The van der Waals surface area contributed by atoms with E-state index < -0.39 is 12.2 Å². The van der Waals surface area contributed by atoms with Crippen molar-refractivity contribution in [2.75, 3.05) is 13.1 Å². The van der Waals surface area contributed by atoms with Gasteiger partial charge in [0.1, 0.15) is 0 Å². The first-order valence-electron chi connectivity index (χ1n) is 9.28. The maximum atomic E-state index is 10.1. The van der Waals surface area contributed by atoms with Crippen molar-refractivity contribution in [2.45, 2.75) is 12.2 Å². The van der Waals surface area contributed by atoms with Crippen molar-refractivity contribution < 1.29 is 10.2 Å². The molecule has 2 atom stereocenters. The minimum absolute atomic E-state index is 0.324. The Morgan fingerprint density at radius 2 is 0.929 bits per heavy atom. The van der Waals surface area contributed by atoms with E-state index in [2.05, 4.69) is 9.98 Å². The Labute approximate surface area is 165 Å². The van der Waals surface area contributed by atoms with E-state index >= 15 is 0 Å². The van der Waals surface area contributed by atoms with Gasteiger partial charge in [-0.05, 0) is 22.3 Å². The van der Waals surface area contributed by atoms with Crippen LogP contribution in [0.5, 0.6) is 0 Å². The van der Waals surface area contributed by atoms with E-state index in [1.807, 2.05) is 84.9 Å². The summed E-state index contributed by atoms with van der Waals surface area (Å²) in [5, 5.41) is 20.2. The van der Waals surface area contributed by atoms with E-state index in [0.29, 0.717) is 13.1 Å². The van der Waals surface area contributed by atoms with E-state index in [1.54, 1.807) is 12.4 Å². The zero-order valence-corrected chi connectivity index (χ0v) is 15.6. The van der Waals surface area contributed by atoms with Gasteiger partial charge < -0.3 is 10.2 Å². The van der Waals surface area contributed by atoms with E-state index in [9.17, 15) is 10.2 Å². The highest BCUT2D eigenvalue weighted by molar-refractivity contribution is 5.84. The molecule has 0 heterocycles. The molecule has 0 bridgehead atoms. The molecule has 0 aromatic heterocycles. The van der Waals surface area contributed by atoms with Gasteiger partial charge in [0.15, 0.2) is 0 Å². The second-order valence-electron chi connectivity index (χ2n) is 6.51. The zero-order chi connectivity index (χ0) is 19.6. The molecule has 0 saturated carbocycles. The summed E-state index contributed by atoms with van der Waals surface area (Å²) in [5.41, 5.74) is 3.65. The summed E-state index contributed by atoms with van der Waals surface area (Å²) < 4.78 is 0. The minimum atomic E-state index is -0.597. The molecule has 4 nitrogen and oxygen atoms in total. The number of aliphatic hydroxyl groups is 2. The molecule has 0 radical (unpaired) electrons. The quantitative estimate of drug-likeness (QED) is 0.587. The predicted octanol–water partition coefficient (Wildman–Crippen LogP) is 3.99. The number of rotatable bonds is 8. The van der Waals surface area contributed by atoms with Crippen LogP contribution < -0.4 is 0 Å². The fourth-order valence-corrected chi connectivity index (χ4v) is 2.75. The summed E-state index contributed by atoms with van der Waals surface area (Å²) in [7, 11) is 0. The number of benzene rings is 3. The highest BCUT2D eigenvalue weighted by atomic mass is 16.3. The lowest BCUT2D eigenvalue weighted by Crippen LogP contribution is -2.01. The summed E-state index contributed by atoms with van der Waals surface area (Å²) in [6.07, 6.45) is 2.32. The molecule has 0 spiro atoms. The number of hydrogen-bond donors (Lipinski definition) is 2. The van der Waals surface area contributed by atoms with Crippen molar-refractivity contribution in [3.05, 3.63) is 107 Å². The van der Waals surface area contributed by atoms with Crippen LogP contribution >= 0.6 is 0 Å². The fourth-order valence-electron chi connectivity index (χ4n) is 2.75. The largest absolute Gasteiger partial charge is 0.386 e. The van der Waals surface area contributed by atoms with Gasteiger partial charge in [0.05, 0.1) is 25.3 Å². The van der Waals surface area contributed by atoms with Gasteiger partial charge in [0, 0.05) is 12.4 Å². The van der Waals surface area contributed by atoms with Gasteiger partial charge in [-0.2, -0.15) is 0 Å². The summed E-state index contributed by atoms with van der Waals surface area (Å²) in [4.78, 5) is 8.65. The SMILES string of the molecule is OC(CN=Cc1ccc(C=NCC(O)c2ccccc2)cc1)c1ccccc1. The number of aliphatic hydroxyl groups excluding tert-OH is 2. The van der Waals surface area contributed by atoms with Crippen molar-refractivity contribution in [3.63, 3.8) is 0 Å². The molecular formula is C24H24N2O2. The average molecular weight is 372 g/mol. The van der Waals surface area contributed by atoms with Crippen LogP contribution in [0, 0.1) is 0 Å². The van der Waals surface area contributed by atoms with E-state index in [4.69, 9.17) is 0 Å². The molecular weight excluding hydrogens is 348 g/mol. The topological polar surface area (TPSA) is 65.2 Å². The van der Waals surface area contributed by atoms with Gasteiger partial charge in [-0.3, -0.25) is 9.98 Å². The maximum Gasteiger partial charge on any atom is 0.0985 e. The Hall–Kier alpha value is -3.08. The lowest BCUT2D eigenvalue weighted by atomic mass is 10.1. The van der Waals surface area contributed by atoms with Crippen LogP contribution in [0.25, 0.3) is 0 Å². The van der Waals surface area contributed by atoms with Crippen molar-refractivity contribution in [3.8, 4) is 0 Å². The predicted molar refractivity (Wildman–Crippen MR) is 114 cm³/mol. The summed E-state index contributed by atoms with van der Waals surface area (Å²) in [6, 6.07) is 26.8. The lowest BCUT2D eigenvalue weighted by molar-refractivity contribution is 0.187. The van der Waals surface area contributed by atoms with Crippen LogP contribution in [-0.2, 0) is 0 Å². The van der Waals surface area contributed by atoms with Gasteiger partial charge in [-0.1, -0.05) is 84.9 Å². The average Bonchev–Trinajstić information content (AvgIpc) is 2.76. The Morgan fingerprint density at radius 1 is 0.571 bits per heavy atom. The molecule has 28 heavy (non-hydrogen) atoms. The first kappa shape index (κ1) is 19.7. The van der Waals surface area contributed by atoms with Gasteiger partial charge in [-0.15, -0.1) is 0 Å². The van der Waals surface area contributed by atoms with Gasteiger partial charge in [0.25, 0.3) is 0 Å². The third-order valence-corrected chi connectivity index (χ3v) is 4.34. The fraction of sp³-hybridized carbons (Fsp3) is 0.167. The normalized spacial score (nSPS) is 13.8. The molecule has 2 N–H and O–H groups in total. The smallest absolute Gasteiger partial charge is 0.0985 e. The number of hydrogen-bond acceptors (Lipinski definition) is 4. The van der Waals surface area contributed by atoms with Crippen LogP contribution in [0.4, 0.5) is 0 Å². The molecule has 0 aliphatic carbocycles. The number of nitrogens with zero attached hydrogens (tertiary/aromatic N) is 2. The molecule has 2 unspecified atom stereocenters. The van der Waals surface area contributed by atoms with Crippen molar-refractivity contribution >= 4 is 12.4 Å². The summed E-state index contributed by atoms with van der Waals surface area (Å²) >= 11 is 0. The van der Waals surface area contributed by atoms with E-state index in [0.717, 1.165) is 22.3 Å². The molecule has 3 aromatic carbocycles. The molecule has 3 aromatic rings. The van der Waals surface area contributed by atoms with Crippen molar-refractivity contribution in [1.82, 2.24) is 0 Å². The second-order valence-corrected chi connectivity index (χ2v) is 6.51. The summed E-state index contributed by atoms with van der Waals surface area (Å²) in [6.45, 7) is 0.648. The Morgan fingerprint density at radius 3 is 1.29 bits per heavy atom. The van der Waals surface area contributed by atoms with Gasteiger partial charge >= 0.3 is 0 Å². The van der Waals surface area contributed by atoms with Crippen molar-refractivity contribution in [1.29, 1.82) is 0 Å². The Bertz CT molecular complexity index is 814. The third-order valence-electron chi connectivity index (χ3n) is 4.34.